The molecule has 0 aliphatic rings. The first-order valence-electron chi connectivity index (χ1n) is 13.1. The van der Waals surface area contributed by atoms with Gasteiger partial charge in [-0.1, -0.05) is 113 Å². The largest absolute Gasteiger partial charge is 0.493 e. The van der Waals surface area contributed by atoms with Crippen LogP contribution >= 0.6 is 0 Å². The Morgan fingerprint density at radius 1 is 0.471 bits per heavy atom. The topological polar surface area (TPSA) is 18.5 Å². The summed E-state index contributed by atoms with van der Waals surface area (Å²) < 4.78 is 12.9. The standard InChI is InChI=1S/C32H38O2/c1-3-5-7-13-23-33-29-21-19-25-15-9-11-17-27(25)31(29)32-28-18-12-10-16-26(28)20-22-30(32)34-24-14-8-6-4-2/h9-12,15-22H,3-8,13-14,23-24H2,1-2H3. The van der Waals surface area contributed by atoms with Crippen LogP contribution < -0.4 is 9.47 Å². The van der Waals surface area contributed by atoms with Crippen LogP contribution in [-0.2, 0) is 0 Å². The van der Waals surface area contributed by atoms with Gasteiger partial charge in [0.2, 0.25) is 0 Å². The molecule has 0 amide bonds. The molecule has 4 rings (SSSR count). The minimum absolute atomic E-state index is 0.739. The molecule has 0 spiro atoms. The third-order valence-electron chi connectivity index (χ3n) is 6.54. The minimum Gasteiger partial charge on any atom is -0.493 e. The number of ether oxygens (including phenoxy) is 2. The second-order valence-corrected chi connectivity index (χ2v) is 9.14. The van der Waals surface area contributed by atoms with Gasteiger partial charge in [0.1, 0.15) is 11.5 Å². The minimum atomic E-state index is 0.739. The van der Waals surface area contributed by atoms with Crippen LogP contribution in [0.4, 0.5) is 0 Å². The molecule has 0 atom stereocenters. The Bertz CT molecular complexity index is 1100. The fourth-order valence-corrected chi connectivity index (χ4v) is 4.68. The smallest absolute Gasteiger partial charge is 0.127 e. The number of hydrogen-bond donors (Lipinski definition) is 0. The molecule has 0 bridgehead atoms. The molecule has 4 aromatic rings. The zero-order chi connectivity index (χ0) is 23.6. The maximum absolute atomic E-state index is 6.45. The van der Waals surface area contributed by atoms with E-state index in [1.807, 2.05) is 0 Å². The third kappa shape index (κ3) is 5.73. The van der Waals surface area contributed by atoms with Gasteiger partial charge >= 0.3 is 0 Å². The van der Waals surface area contributed by atoms with Crippen LogP contribution in [0.25, 0.3) is 32.7 Å². The van der Waals surface area contributed by atoms with E-state index in [0.29, 0.717) is 0 Å². The second-order valence-electron chi connectivity index (χ2n) is 9.14. The van der Waals surface area contributed by atoms with E-state index >= 15 is 0 Å². The van der Waals surface area contributed by atoms with Gasteiger partial charge in [0.25, 0.3) is 0 Å². The first-order valence-corrected chi connectivity index (χ1v) is 13.1. The molecule has 2 nitrogen and oxygen atoms in total. The summed E-state index contributed by atoms with van der Waals surface area (Å²) in [5.41, 5.74) is 2.29. The van der Waals surface area contributed by atoms with Gasteiger partial charge in [-0.2, -0.15) is 0 Å². The predicted molar refractivity (Wildman–Crippen MR) is 146 cm³/mol. The summed E-state index contributed by atoms with van der Waals surface area (Å²) in [6, 6.07) is 25.9. The van der Waals surface area contributed by atoms with Crippen LogP contribution in [0.1, 0.15) is 65.2 Å². The Morgan fingerprint density at radius 2 is 0.912 bits per heavy atom. The van der Waals surface area contributed by atoms with Gasteiger partial charge in [-0.3, -0.25) is 0 Å². The molecule has 0 radical (unpaired) electrons. The number of unbranched alkanes of at least 4 members (excludes halogenated alkanes) is 6. The van der Waals surface area contributed by atoms with Crippen molar-refractivity contribution in [2.75, 3.05) is 13.2 Å². The fraction of sp³-hybridized carbons (Fsp3) is 0.375. The van der Waals surface area contributed by atoms with Crippen LogP contribution in [0, 0.1) is 0 Å². The molecular weight excluding hydrogens is 416 g/mol. The summed E-state index contributed by atoms with van der Waals surface area (Å²) in [5.74, 6) is 1.89. The van der Waals surface area contributed by atoms with Crippen molar-refractivity contribution in [3.05, 3.63) is 72.8 Å². The van der Waals surface area contributed by atoms with Crippen molar-refractivity contribution in [1.82, 2.24) is 0 Å². The highest BCUT2D eigenvalue weighted by atomic mass is 16.5. The lowest BCUT2D eigenvalue weighted by Gasteiger charge is -2.20. The van der Waals surface area contributed by atoms with Crippen molar-refractivity contribution >= 4 is 21.5 Å². The highest BCUT2D eigenvalue weighted by Crippen LogP contribution is 2.45. The van der Waals surface area contributed by atoms with Gasteiger partial charge in [-0.15, -0.1) is 0 Å². The van der Waals surface area contributed by atoms with Crippen molar-refractivity contribution in [3.63, 3.8) is 0 Å². The summed E-state index contributed by atoms with van der Waals surface area (Å²) in [4.78, 5) is 0. The summed E-state index contributed by atoms with van der Waals surface area (Å²) in [6.07, 6.45) is 9.55. The average molecular weight is 455 g/mol. The molecular formula is C32H38O2. The van der Waals surface area contributed by atoms with Crippen LogP contribution in [0.2, 0.25) is 0 Å². The normalized spacial score (nSPS) is 11.2. The van der Waals surface area contributed by atoms with E-state index in [4.69, 9.17) is 9.47 Å². The zero-order valence-electron chi connectivity index (χ0n) is 20.8. The van der Waals surface area contributed by atoms with E-state index in [2.05, 4.69) is 86.6 Å². The fourth-order valence-electron chi connectivity index (χ4n) is 4.68. The van der Waals surface area contributed by atoms with Gasteiger partial charge in [-0.05, 0) is 46.5 Å². The first kappa shape index (κ1) is 24.1. The third-order valence-corrected chi connectivity index (χ3v) is 6.54. The van der Waals surface area contributed by atoms with Gasteiger partial charge in [0.05, 0.1) is 13.2 Å². The first-order chi connectivity index (χ1) is 16.8. The molecule has 0 unspecified atom stereocenters. The van der Waals surface area contributed by atoms with Crippen LogP contribution in [0.3, 0.4) is 0 Å². The Balaban J connectivity index is 1.79. The SMILES string of the molecule is CCCCCCOc1ccc2ccccc2c1-c1c(OCCCCCC)ccc2ccccc12. The lowest BCUT2D eigenvalue weighted by molar-refractivity contribution is 0.302. The maximum Gasteiger partial charge on any atom is 0.127 e. The van der Waals surface area contributed by atoms with Gasteiger partial charge in [0.15, 0.2) is 0 Å². The average Bonchev–Trinajstić information content (AvgIpc) is 2.88. The molecule has 0 aromatic heterocycles. The maximum atomic E-state index is 6.45. The second kappa shape index (κ2) is 12.5. The van der Waals surface area contributed by atoms with Gasteiger partial charge < -0.3 is 9.47 Å². The molecule has 4 aromatic carbocycles. The number of fused-ring (bicyclic) bond motifs is 2. The molecule has 0 saturated carbocycles. The van der Waals surface area contributed by atoms with Crippen molar-refractivity contribution in [1.29, 1.82) is 0 Å². The molecule has 0 aliphatic carbocycles. The Labute approximate surface area is 204 Å². The van der Waals surface area contributed by atoms with Crippen LogP contribution in [0.5, 0.6) is 11.5 Å². The lowest BCUT2D eigenvalue weighted by atomic mass is 9.92. The number of benzene rings is 4. The van der Waals surface area contributed by atoms with E-state index in [1.165, 1.54) is 60.1 Å². The Kier molecular flexibility index (Phi) is 8.84. The zero-order valence-corrected chi connectivity index (χ0v) is 20.8. The lowest BCUT2D eigenvalue weighted by Crippen LogP contribution is -2.02. The van der Waals surface area contributed by atoms with Crippen molar-refractivity contribution in [3.8, 4) is 22.6 Å². The van der Waals surface area contributed by atoms with Gasteiger partial charge in [-0.25, -0.2) is 0 Å². The van der Waals surface area contributed by atoms with Gasteiger partial charge in [0, 0.05) is 11.1 Å². The molecule has 0 fully saturated rings. The molecule has 0 N–H and O–H groups in total. The highest BCUT2D eigenvalue weighted by Gasteiger charge is 2.19. The number of hydrogen-bond acceptors (Lipinski definition) is 2. The van der Waals surface area contributed by atoms with Crippen LogP contribution in [-0.4, -0.2) is 13.2 Å². The summed E-state index contributed by atoms with van der Waals surface area (Å²) in [6.45, 7) is 5.96. The van der Waals surface area contributed by atoms with E-state index in [9.17, 15) is 0 Å². The number of rotatable bonds is 13. The molecule has 0 aliphatic heterocycles. The summed E-state index contributed by atoms with van der Waals surface area (Å²) in [7, 11) is 0. The van der Waals surface area contributed by atoms with Crippen molar-refractivity contribution in [2.45, 2.75) is 65.2 Å². The molecule has 2 heteroatoms. The monoisotopic (exact) mass is 454 g/mol. The van der Waals surface area contributed by atoms with Crippen molar-refractivity contribution in [2.24, 2.45) is 0 Å². The highest BCUT2D eigenvalue weighted by molar-refractivity contribution is 6.09. The molecule has 0 heterocycles. The van der Waals surface area contributed by atoms with E-state index in [0.717, 1.165) is 48.7 Å². The quantitative estimate of drug-likeness (QED) is 0.187. The van der Waals surface area contributed by atoms with E-state index in [1.54, 1.807) is 0 Å². The van der Waals surface area contributed by atoms with E-state index in [-0.39, 0.29) is 0 Å². The predicted octanol–water partition coefficient (Wildman–Crippen LogP) is 9.58. The summed E-state index contributed by atoms with van der Waals surface area (Å²) >= 11 is 0. The molecule has 0 saturated heterocycles. The molecule has 34 heavy (non-hydrogen) atoms. The Hall–Kier alpha value is -3.00. The van der Waals surface area contributed by atoms with Crippen LogP contribution in [0.15, 0.2) is 72.8 Å². The molecule has 178 valence electrons. The van der Waals surface area contributed by atoms with E-state index < -0.39 is 0 Å². The Morgan fingerprint density at radius 3 is 1.35 bits per heavy atom. The summed E-state index contributed by atoms with van der Waals surface area (Å²) in [5, 5.41) is 4.86. The van der Waals surface area contributed by atoms with Crippen molar-refractivity contribution < 1.29 is 9.47 Å².